The molecule has 0 heterocycles. The quantitative estimate of drug-likeness (QED) is 0.539. The Hall–Kier alpha value is 0. The van der Waals surface area contributed by atoms with Crippen molar-refractivity contribution < 1.29 is 0 Å². The van der Waals surface area contributed by atoms with Gasteiger partial charge in [-0.25, -0.2) is 0 Å². The van der Waals surface area contributed by atoms with Crippen molar-refractivity contribution in [1.29, 1.82) is 0 Å². The molecule has 2 aliphatic carbocycles. The van der Waals surface area contributed by atoms with E-state index in [9.17, 15) is 0 Å². The largest absolute Gasteiger partial charge is 0.0651 e. The number of hydrogen-bond donors (Lipinski definition) is 0. The lowest BCUT2D eigenvalue weighted by atomic mass is 9.98. The van der Waals surface area contributed by atoms with Gasteiger partial charge >= 0.3 is 0 Å². The van der Waals surface area contributed by atoms with Gasteiger partial charge in [0.15, 0.2) is 0 Å². The van der Waals surface area contributed by atoms with E-state index in [1.807, 2.05) is 0 Å². The predicted molar refractivity (Wildman–Crippen MR) is 48.4 cm³/mol. The zero-order valence-electron chi connectivity index (χ0n) is 7.84. The number of fused-ring (bicyclic) bond motifs is 1. The van der Waals surface area contributed by atoms with Gasteiger partial charge in [0.05, 0.1) is 0 Å². The van der Waals surface area contributed by atoms with Crippen LogP contribution >= 0.6 is 0 Å². The second-order valence-electron chi connectivity index (χ2n) is 4.58. The lowest BCUT2D eigenvalue weighted by molar-refractivity contribution is 0.433. The first-order valence-electron chi connectivity index (χ1n) is 5.34. The molecule has 0 nitrogen and oxygen atoms in total. The first kappa shape index (κ1) is 7.64. The Morgan fingerprint density at radius 2 is 1.91 bits per heavy atom. The maximum Gasteiger partial charge on any atom is -0.0326 e. The Labute approximate surface area is 70.4 Å². The third-order valence-electron chi connectivity index (χ3n) is 3.97. The molecule has 0 aromatic carbocycles. The highest BCUT2D eigenvalue weighted by molar-refractivity contribution is 4.99. The summed E-state index contributed by atoms with van der Waals surface area (Å²) in [6, 6.07) is 0. The van der Waals surface area contributed by atoms with Gasteiger partial charge in [0, 0.05) is 0 Å². The summed E-state index contributed by atoms with van der Waals surface area (Å²) in [6.07, 6.45) is 7.53. The van der Waals surface area contributed by atoms with E-state index >= 15 is 0 Å². The Kier molecular flexibility index (Phi) is 1.95. The van der Waals surface area contributed by atoms with Gasteiger partial charge in [-0.2, -0.15) is 0 Å². The summed E-state index contributed by atoms with van der Waals surface area (Å²) in [5, 5.41) is 0. The predicted octanol–water partition coefficient (Wildman–Crippen LogP) is 3.47. The van der Waals surface area contributed by atoms with Crippen LogP contribution in [0.5, 0.6) is 0 Å². The molecule has 2 fully saturated rings. The smallest absolute Gasteiger partial charge is 0.0326 e. The third kappa shape index (κ3) is 1.21. The van der Waals surface area contributed by atoms with Crippen LogP contribution in [0.2, 0.25) is 0 Å². The van der Waals surface area contributed by atoms with Crippen LogP contribution in [0.1, 0.15) is 46.0 Å². The minimum absolute atomic E-state index is 1.05. The van der Waals surface area contributed by atoms with Crippen molar-refractivity contribution >= 4 is 0 Å². The fourth-order valence-corrected chi connectivity index (χ4v) is 3.34. The van der Waals surface area contributed by atoms with E-state index in [2.05, 4.69) is 13.8 Å². The van der Waals surface area contributed by atoms with E-state index in [0.717, 1.165) is 23.7 Å². The van der Waals surface area contributed by atoms with E-state index in [0.29, 0.717) is 0 Å². The van der Waals surface area contributed by atoms with Gasteiger partial charge in [0.2, 0.25) is 0 Å². The van der Waals surface area contributed by atoms with Gasteiger partial charge in [0.1, 0.15) is 0 Å². The number of rotatable bonds is 1. The van der Waals surface area contributed by atoms with Crippen molar-refractivity contribution in [3.8, 4) is 0 Å². The minimum atomic E-state index is 1.05. The molecule has 0 spiro atoms. The lowest BCUT2D eigenvalue weighted by Gasteiger charge is -2.07. The first-order valence-corrected chi connectivity index (χ1v) is 5.34. The molecule has 0 aliphatic heterocycles. The fourth-order valence-electron chi connectivity index (χ4n) is 3.34. The molecule has 0 N–H and O–H groups in total. The molecule has 0 radical (unpaired) electrons. The monoisotopic (exact) mass is 152 g/mol. The maximum atomic E-state index is 2.47. The molecule has 2 rings (SSSR count). The summed E-state index contributed by atoms with van der Waals surface area (Å²) in [6.45, 7) is 4.84. The molecule has 64 valence electrons. The highest BCUT2D eigenvalue weighted by Gasteiger charge is 2.50. The Morgan fingerprint density at radius 1 is 1.18 bits per heavy atom. The lowest BCUT2D eigenvalue weighted by Crippen LogP contribution is -1.97. The Balaban J connectivity index is 1.97. The van der Waals surface area contributed by atoms with E-state index < -0.39 is 0 Å². The molecular weight excluding hydrogens is 132 g/mol. The first-order chi connectivity index (χ1) is 5.34. The van der Waals surface area contributed by atoms with Crippen molar-refractivity contribution in [1.82, 2.24) is 0 Å². The summed E-state index contributed by atoms with van der Waals surface area (Å²) in [7, 11) is 0. The standard InChI is InChI=1S/C11H20/c1-3-9-10-7-5-4-6-8(2)11(9)10/h8-11H,3-7H2,1-2H3. The van der Waals surface area contributed by atoms with Gasteiger partial charge in [-0.05, 0) is 30.1 Å². The van der Waals surface area contributed by atoms with Crippen LogP contribution in [0, 0.1) is 23.7 Å². The highest BCUT2D eigenvalue weighted by atomic mass is 14.6. The molecular formula is C11H20. The van der Waals surface area contributed by atoms with Crippen LogP contribution in [0.3, 0.4) is 0 Å². The van der Waals surface area contributed by atoms with Crippen molar-refractivity contribution in [2.45, 2.75) is 46.0 Å². The van der Waals surface area contributed by atoms with Crippen LogP contribution in [0.15, 0.2) is 0 Å². The van der Waals surface area contributed by atoms with Crippen molar-refractivity contribution in [3.63, 3.8) is 0 Å². The zero-order chi connectivity index (χ0) is 7.84. The average molecular weight is 152 g/mol. The van der Waals surface area contributed by atoms with Crippen molar-refractivity contribution in [2.24, 2.45) is 23.7 Å². The van der Waals surface area contributed by atoms with E-state index in [1.54, 1.807) is 6.42 Å². The van der Waals surface area contributed by atoms with Crippen LogP contribution in [-0.4, -0.2) is 0 Å². The zero-order valence-corrected chi connectivity index (χ0v) is 7.84. The minimum Gasteiger partial charge on any atom is -0.0651 e. The van der Waals surface area contributed by atoms with E-state index in [-0.39, 0.29) is 0 Å². The molecule has 11 heavy (non-hydrogen) atoms. The maximum absolute atomic E-state index is 2.47. The normalized spacial score (nSPS) is 49.6. The molecule has 2 aliphatic rings. The van der Waals surface area contributed by atoms with Crippen molar-refractivity contribution in [3.05, 3.63) is 0 Å². The summed E-state index contributed by atoms with van der Waals surface area (Å²) >= 11 is 0. The van der Waals surface area contributed by atoms with Crippen molar-refractivity contribution in [2.75, 3.05) is 0 Å². The summed E-state index contributed by atoms with van der Waals surface area (Å²) in [5.41, 5.74) is 0. The molecule has 0 saturated heterocycles. The molecule has 2 saturated carbocycles. The van der Waals surface area contributed by atoms with Crippen LogP contribution in [-0.2, 0) is 0 Å². The summed E-state index contributed by atoms with van der Waals surface area (Å²) < 4.78 is 0. The Bertz CT molecular complexity index is 137. The molecule has 4 unspecified atom stereocenters. The SMILES string of the molecule is CCC1C2CCCCC(C)C12. The molecule has 4 atom stereocenters. The molecule has 0 aromatic heterocycles. The number of hydrogen-bond acceptors (Lipinski definition) is 0. The molecule has 0 aromatic rings. The molecule has 0 amide bonds. The van der Waals surface area contributed by atoms with Gasteiger partial charge in [0.25, 0.3) is 0 Å². The van der Waals surface area contributed by atoms with Gasteiger partial charge in [-0.3, -0.25) is 0 Å². The average Bonchev–Trinajstić information content (AvgIpc) is 2.70. The van der Waals surface area contributed by atoms with E-state index in [4.69, 9.17) is 0 Å². The second kappa shape index (κ2) is 2.80. The van der Waals surface area contributed by atoms with Crippen LogP contribution in [0.4, 0.5) is 0 Å². The van der Waals surface area contributed by atoms with Gasteiger partial charge in [-0.1, -0.05) is 39.5 Å². The summed E-state index contributed by atoms with van der Waals surface area (Å²) in [5.74, 6) is 4.47. The topological polar surface area (TPSA) is 0 Å². The highest BCUT2D eigenvalue weighted by Crippen LogP contribution is 2.57. The Morgan fingerprint density at radius 3 is 2.64 bits per heavy atom. The fraction of sp³-hybridized carbons (Fsp3) is 1.00. The third-order valence-corrected chi connectivity index (χ3v) is 3.97. The summed E-state index contributed by atoms with van der Waals surface area (Å²) in [4.78, 5) is 0. The molecule has 0 heteroatoms. The van der Waals surface area contributed by atoms with Gasteiger partial charge < -0.3 is 0 Å². The van der Waals surface area contributed by atoms with Gasteiger partial charge in [-0.15, -0.1) is 0 Å². The van der Waals surface area contributed by atoms with Crippen LogP contribution in [0.25, 0.3) is 0 Å². The second-order valence-corrected chi connectivity index (χ2v) is 4.58. The van der Waals surface area contributed by atoms with Crippen LogP contribution < -0.4 is 0 Å². The molecule has 0 bridgehead atoms. The van der Waals surface area contributed by atoms with E-state index in [1.165, 1.54) is 25.7 Å².